The molecule has 0 radical (unpaired) electrons. The molecule has 0 aliphatic carbocycles. The summed E-state index contributed by atoms with van der Waals surface area (Å²) in [7, 11) is 1.68. The molecule has 3 atom stereocenters. The van der Waals surface area contributed by atoms with E-state index in [2.05, 4.69) is 19.2 Å². The summed E-state index contributed by atoms with van der Waals surface area (Å²) < 4.78 is 5.29. The van der Waals surface area contributed by atoms with Crippen LogP contribution in [0.5, 0.6) is 0 Å². The fraction of sp³-hybridized carbons (Fsp3) is 0.562. The Hall–Kier alpha value is -1.39. The standard InChI is InChI=1S/C16H24N2O2/c1-11(2)14(10-20-4)18-12(3)17-15(16(18)19)13-8-6-5-7-9-13/h5-9,11-12,14-15,17H,10H2,1-4H3. The molecule has 0 aromatic heterocycles. The van der Waals surface area contributed by atoms with Gasteiger partial charge in [-0.1, -0.05) is 44.2 Å². The predicted molar refractivity (Wildman–Crippen MR) is 79.1 cm³/mol. The van der Waals surface area contributed by atoms with Crippen LogP contribution in [0.15, 0.2) is 30.3 Å². The number of ether oxygens (including phenoxy) is 1. The van der Waals surface area contributed by atoms with Gasteiger partial charge in [-0.2, -0.15) is 0 Å². The maximum absolute atomic E-state index is 12.7. The summed E-state index contributed by atoms with van der Waals surface area (Å²) in [5, 5.41) is 3.38. The van der Waals surface area contributed by atoms with Gasteiger partial charge in [0.1, 0.15) is 6.04 Å². The number of nitrogens with one attached hydrogen (secondary N) is 1. The van der Waals surface area contributed by atoms with Crippen LogP contribution in [0.3, 0.4) is 0 Å². The van der Waals surface area contributed by atoms with Crippen molar-refractivity contribution in [2.24, 2.45) is 5.92 Å². The quantitative estimate of drug-likeness (QED) is 0.896. The average Bonchev–Trinajstić information content (AvgIpc) is 2.72. The molecule has 20 heavy (non-hydrogen) atoms. The number of amides is 1. The number of carbonyl (C=O) groups excluding carboxylic acids is 1. The largest absolute Gasteiger partial charge is 0.383 e. The highest BCUT2D eigenvalue weighted by atomic mass is 16.5. The van der Waals surface area contributed by atoms with E-state index >= 15 is 0 Å². The molecule has 0 spiro atoms. The zero-order chi connectivity index (χ0) is 14.7. The van der Waals surface area contributed by atoms with Gasteiger partial charge in [0.15, 0.2) is 0 Å². The molecule has 1 aliphatic heterocycles. The normalized spacial score (nSPS) is 24.4. The molecule has 1 aromatic carbocycles. The van der Waals surface area contributed by atoms with Gasteiger partial charge in [0, 0.05) is 7.11 Å². The molecule has 4 heteroatoms. The zero-order valence-electron chi connectivity index (χ0n) is 12.7. The highest BCUT2D eigenvalue weighted by Gasteiger charge is 2.41. The van der Waals surface area contributed by atoms with Crippen molar-refractivity contribution in [2.45, 2.75) is 39.0 Å². The molecule has 1 saturated heterocycles. The fourth-order valence-corrected chi connectivity index (χ4v) is 2.83. The van der Waals surface area contributed by atoms with E-state index in [1.54, 1.807) is 7.11 Å². The molecule has 1 heterocycles. The van der Waals surface area contributed by atoms with Gasteiger partial charge in [-0.05, 0) is 18.4 Å². The maximum atomic E-state index is 12.7. The van der Waals surface area contributed by atoms with Gasteiger partial charge < -0.3 is 9.64 Å². The molecule has 1 amide bonds. The third-order valence-corrected chi connectivity index (χ3v) is 3.92. The Kier molecular flexibility index (Phi) is 4.78. The molecule has 110 valence electrons. The molecule has 0 saturated carbocycles. The van der Waals surface area contributed by atoms with Crippen molar-refractivity contribution in [3.63, 3.8) is 0 Å². The van der Waals surface area contributed by atoms with Gasteiger partial charge in [0.25, 0.3) is 0 Å². The highest BCUT2D eigenvalue weighted by molar-refractivity contribution is 5.86. The lowest BCUT2D eigenvalue weighted by Gasteiger charge is -2.33. The van der Waals surface area contributed by atoms with E-state index in [9.17, 15) is 4.79 Å². The number of methoxy groups -OCH3 is 1. The van der Waals surface area contributed by atoms with Crippen molar-refractivity contribution in [3.05, 3.63) is 35.9 Å². The second-order valence-corrected chi connectivity index (χ2v) is 5.70. The van der Waals surface area contributed by atoms with Gasteiger partial charge in [-0.3, -0.25) is 10.1 Å². The van der Waals surface area contributed by atoms with Gasteiger partial charge in [0.2, 0.25) is 5.91 Å². The van der Waals surface area contributed by atoms with Crippen LogP contribution in [0.2, 0.25) is 0 Å². The minimum Gasteiger partial charge on any atom is -0.383 e. The zero-order valence-corrected chi connectivity index (χ0v) is 12.7. The van der Waals surface area contributed by atoms with E-state index < -0.39 is 0 Å². The Morgan fingerprint density at radius 3 is 2.50 bits per heavy atom. The Labute approximate surface area is 121 Å². The van der Waals surface area contributed by atoms with Crippen molar-refractivity contribution in [2.75, 3.05) is 13.7 Å². The second-order valence-electron chi connectivity index (χ2n) is 5.70. The maximum Gasteiger partial charge on any atom is 0.245 e. The number of hydrogen-bond acceptors (Lipinski definition) is 3. The first-order valence-electron chi connectivity index (χ1n) is 7.18. The number of carbonyl (C=O) groups is 1. The van der Waals surface area contributed by atoms with Crippen LogP contribution in [0.1, 0.15) is 32.4 Å². The lowest BCUT2D eigenvalue weighted by atomic mass is 10.0. The molecule has 0 bridgehead atoms. The Balaban J connectivity index is 2.22. The number of hydrogen-bond donors (Lipinski definition) is 1. The Morgan fingerprint density at radius 1 is 1.30 bits per heavy atom. The lowest BCUT2D eigenvalue weighted by Crippen LogP contribution is -2.48. The van der Waals surface area contributed by atoms with E-state index in [4.69, 9.17) is 4.74 Å². The van der Waals surface area contributed by atoms with Crippen LogP contribution < -0.4 is 5.32 Å². The lowest BCUT2D eigenvalue weighted by molar-refractivity contribution is -0.134. The average molecular weight is 276 g/mol. The van der Waals surface area contributed by atoms with E-state index in [1.807, 2.05) is 42.2 Å². The van der Waals surface area contributed by atoms with Gasteiger partial charge in [-0.25, -0.2) is 0 Å². The molecule has 4 nitrogen and oxygen atoms in total. The summed E-state index contributed by atoms with van der Waals surface area (Å²) in [5.41, 5.74) is 1.02. The molecule has 1 aliphatic rings. The van der Waals surface area contributed by atoms with Crippen molar-refractivity contribution >= 4 is 5.91 Å². The van der Waals surface area contributed by atoms with Crippen molar-refractivity contribution in [1.82, 2.24) is 10.2 Å². The summed E-state index contributed by atoms with van der Waals surface area (Å²) in [4.78, 5) is 14.7. The highest BCUT2D eigenvalue weighted by Crippen LogP contribution is 2.28. The summed E-state index contributed by atoms with van der Waals surface area (Å²) in [5.74, 6) is 0.497. The predicted octanol–water partition coefficient (Wildman–Crippen LogP) is 2.18. The topological polar surface area (TPSA) is 41.6 Å². The fourth-order valence-electron chi connectivity index (χ4n) is 2.83. The summed E-state index contributed by atoms with van der Waals surface area (Å²) in [6.45, 7) is 6.85. The summed E-state index contributed by atoms with van der Waals surface area (Å²) >= 11 is 0. The van der Waals surface area contributed by atoms with E-state index in [0.717, 1.165) is 5.56 Å². The smallest absolute Gasteiger partial charge is 0.245 e. The van der Waals surface area contributed by atoms with E-state index in [1.165, 1.54) is 0 Å². The first-order chi connectivity index (χ1) is 9.56. The monoisotopic (exact) mass is 276 g/mol. The Bertz CT molecular complexity index is 447. The minimum atomic E-state index is -0.246. The van der Waals surface area contributed by atoms with Gasteiger partial charge in [0.05, 0.1) is 18.8 Å². The second kappa shape index (κ2) is 6.37. The third kappa shape index (κ3) is 2.86. The summed E-state index contributed by atoms with van der Waals surface area (Å²) in [6, 6.07) is 9.73. The molecule has 3 unspecified atom stereocenters. The van der Waals surface area contributed by atoms with Crippen molar-refractivity contribution in [3.8, 4) is 0 Å². The van der Waals surface area contributed by atoms with Gasteiger partial charge in [-0.15, -0.1) is 0 Å². The Morgan fingerprint density at radius 2 is 1.95 bits per heavy atom. The van der Waals surface area contributed by atoms with Crippen LogP contribution in [0.25, 0.3) is 0 Å². The van der Waals surface area contributed by atoms with Crippen molar-refractivity contribution < 1.29 is 9.53 Å². The van der Waals surface area contributed by atoms with Crippen LogP contribution in [-0.2, 0) is 9.53 Å². The first-order valence-corrected chi connectivity index (χ1v) is 7.18. The first kappa shape index (κ1) is 15.0. The number of rotatable bonds is 5. The van der Waals surface area contributed by atoms with Crippen molar-refractivity contribution in [1.29, 1.82) is 0 Å². The van der Waals surface area contributed by atoms with Gasteiger partial charge >= 0.3 is 0 Å². The SMILES string of the molecule is COCC(C(C)C)N1C(=O)C(c2ccccc2)NC1C. The summed E-state index contributed by atoms with van der Waals surface area (Å²) in [6.07, 6.45) is 0.0234. The van der Waals surface area contributed by atoms with Crippen LogP contribution in [-0.4, -0.2) is 36.7 Å². The van der Waals surface area contributed by atoms with E-state index in [-0.39, 0.29) is 24.2 Å². The molecular formula is C16H24N2O2. The minimum absolute atomic E-state index is 0.0234. The van der Waals surface area contributed by atoms with Crippen LogP contribution in [0, 0.1) is 5.92 Å². The molecule has 1 fully saturated rings. The molecule has 2 rings (SSSR count). The molecular weight excluding hydrogens is 252 g/mol. The van der Waals surface area contributed by atoms with Crippen LogP contribution >= 0.6 is 0 Å². The third-order valence-electron chi connectivity index (χ3n) is 3.92. The number of benzene rings is 1. The van der Waals surface area contributed by atoms with Crippen LogP contribution in [0.4, 0.5) is 0 Å². The number of nitrogens with zero attached hydrogens (tertiary/aromatic N) is 1. The molecule has 1 aromatic rings. The molecule has 1 N–H and O–H groups in total. The van der Waals surface area contributed by atoms with E-state index in [0.29, 0.717) is 12.5 Å².